The fraction of sp³-hybridized carbons (Fsp3) is 0.0385. The average molecular weight is 377 g/mol. The standard InChI is InChI=1S/C13H9NO2.C13H10/c15-13(16)8-5-6-10-9-3-1-2-4-11(9)14-12(10)7-8;1-3-7-12-10(5-1)9-11-6-2-4-8-13(11)12/h1-7,14H,(H,15,16);1-8H,9H2. The first kappa shape index (κ1) is 17.3. The lowest BCUT2D eigenvalue weighted by Gasteiger charge is -1.98. The Hall–Kier alpha value is -3.85. The summed E-state index contributed by atoms with van der Waals surface area (Å²) in [5.41, 5.74) is 7.95. The maximum absolute atomic E-state index is 10.8. The van der Waals surface area contributed by atoms with Gasteiger partial charge in [0.2, 0.25) is 0 Å². The molecule has 4 aromatic carbocycles. The van der Waals surface area contributed by atoms with Crippen LogP contribution in [0.15, 0.2) is 91.0 Å². The zero-order chi connectivity index (χ0) is 19.8. The van der Waals surface area contributed by atoms with Gasteiger partial charge in [0, 0.05) is 21.8 Å². The van der Waals surface area contributed by atoms with E-state index in [1.807, 2.05) is 30.3 Å². The molecule has 6 rings (SSSR count). The number of fused-ring (bicyclic) bond motifs is 6. The van der Waals surface area contributed by atoms with E-state index in [2.05, 4.69) is 53.5 Å². The Morgan fingerprint density at radius 3 is 1.97 bits per heavy atom. The van der Waals surface area contributed by atoms with Crippen LogP contribution in [0, 0.1) is 0 Å². The number of aromatic amines is 1. The zero-order valence-corrected chi connectivity index (χ0v) is 15.7. The van der Waals surface area contributed by atoms with E-state index in [9.17, 15) is 4.79 Å². The predicted octanol–water partition coefficient (Wildman–Crippen LogP) is 6.28. The van der Waals surface area contributed by atoms with Crippen molar-refractivity contribution >= 4 is 27.8 Å². The molecule has 1 aromatic heterocycles. The number of nitrogens with one attached hydrogen (secondary N) is 1. The number of carboxylic acid groups (broad SMARTS) is 1. The molecule has 1 heterocycles. The van der Waals surface area contributed by atoms with Crippen molar-refractivity contribution in [2.24, 2.45) is 0 Å². The number of benzene rings is 4. The number of para-hydroxylation sites is 1. The third kappa shape index (κ3) is 3.07. The summed E-state index contributed by atoms with van der Waals surface area (Å²) in [7, 11) is 0. The SMILES string of the molecule is O=C(O)c1ccc2c(c1)[nH]c1ccccc12.c1ccc2c(c1)Cc1ccccc1-2. The first-order valence-corrected chi connectivity index (χ1v) is 9.60. The van der Waals surface area contributed by atoms with Gasteiger partial charge >= 0.3 is 5.97 Å². The first-order valence-electron chi connectivity index (χ1n) is 9.60. The molecule has 0 saturated heterocycles. The molecule has 0 fully saturated rings. The van der Waals surface area contributed by atoms with Gasteiger partial charge in [0.15, 0.2) is 0 Å². The van der Waals surface area contributed by atoms with E-state index in [1.165, 1.54) is 22.3 Å². The van der Waals surface area contributed by atoms with E-state index in [-0.39, 0.29) is 0 Å². The minimum atomic E-state index is -0.902. The van der Waals surface area contributed by atoms with Gasteiger partial charge in [-0.1, -0.05) is 72.8 Å². The van der Waals surface area contributed by atoms with E-state index < -0.39 is 5.97 Å². The zero-order valence-electron chi connectivity index (χ0n) is 15.7. The van der Waals surface area contributed by atoms with Crippen molar-refractivity contribution in [1.29, 1.82) is 0 Å². The smallest absolute Gasteiger partial charge is 0.335 e. The number of carbonyl (C=O) groups is 1. The largest absolute Gasteiger partial charge is 0.478 e. The van der Waals surface area contributed by atoms with Crippen LogP contribution in [0.3, 0.4) is 0 Å². The second-order valence-corrected chi connectivity index (χ2v) is 7.23. The van der Waals surface area contributed by atoms with Gasteiger partial charge in [-0.15, -0.1) is 0 Å². The highest BCUT2D eigenvalue weighted by Gasteiger charge is 2.15. The van der Waals surface area contributed by atoms with E-state index in [0.717, 1.165) is 28.2 Å². The Labute approximate surface area is 168 Å². The molecule has 0 atom stereocenters. The lowest BCUT2D eigenvalue weighted by molar-refractivity contribution is 0.0697. The van der Waals surface area contributed by atoms with Gasteiger partial charge in [-0.25, -0.2) is 4.79 Å². The maximum atomic E-state index is 10.8. The molecule has 0 spiro atoms. The lowest BCUT2D eigenvalue weighted by atomic mass is 10.1. The number of hydrogen-bond acceptors (Lipinski definition) is 1. The topological polar surface area (TPSA) is 53.1 Å². The van der Waals surface area contributed by atoms with Gasteiger partial charge in [0.05, 0.1) is 5.56 Å². The van der Waals surface area contributed by atoms with Crippen LogP contribution < -0.4 is 0 Å². The fourth-order valence-electron chi connectivity index (χ4n) is 4.07. The van der Waals surface area contributed by atoms with Crippen LogP contribution in [-0.2, 0) is 6.42 Å². The molecule has 0 amide bonds. The Morgan fingerprint density at radius 2 is 1.28 bits per heavy atom. The molecule has 29 heavy (non-hydrogen) atoms. The van der Waals surface area contributed by atoms with Crippen LogP contribution in [-0.4, -0.2) is 16.1 Å². The van der Waals surface area contributed by atoms with Crippen LogP contribution >= 0.6 is 0 Å². The van der Waals surface area contributed by atoms with Gasteiger partial charge in [0.1, 0.15) is 0 Å². The highest BCUT2D eigenvalue weighted by atomic mass is 16.4. The quantitative estimate of drug-likeness (QED) is 0.354. The molecule has 5 aromatic rings. The summed E-state index contributed by atoms with van der Waals surface area (Å²) in [6.45, 7) is 0. The lowest BCUT2D eigenvalue weighted by Crippen LogP contribution is -1.94. The number of H-pyrrole nitrogens is 1. The third-order valence-electron chi connectivity index (χ3n) is 5.46. The van der Waals surface area contributed by atoms with E-state index in [4.69, 9.17) is 5.11 Å². The van der Waals surface area contributed by atoms with Gasteiger partial charge in [0.25, 0.3) is 0 Å². The molecule has 3 heteroatoms. The summed E-state index contributed by atoms with van der Waals surface area (Å²) >= 11 is 0. The predicted molar refractivity (Wildman–Crippen MR) is 117 cm³/mol. The molecule has 2 N–H and O–H groups in total. The van der Waals surface area contributed by atoms with Crippen LogP contribution in [0.4, 0.5) is 0 Å². The van der Waals surface area contributed by atoms with Crippen LogP contribution in [0.1, 0.15) is 21.5 Å². The van der Waals surface area contributed by atoms with Crippen molar-refractivity contribution in [3.05, 3.63) is 108 Å². The van der Waals surface area contributed by atoms with Crippen molar-refractivity contribution in [2.45, 2.75) is 6.42 Å². The Kier molecular flexibility index (Phi) is 4.14. The molecule has 3 nitrogen and oxygen atoms in total. The summed E-state index contributed by atoms with van der Waals surface area (Å²) < 4.78 is 0. The minimum absolute atomic E-state index is 0.305. The maximum Gasteiger partial charge on any atom is 0.335 e. The second-order valence-electron chi connectivity index (χ2n) is 7.23. The molecule has 0 aliphatic heterocycles. The molecule has 1 aliphatic rings. The molecular formula is C26H19NO2. The number of aromatic carboxylic acids is 1. The monoisotopic (exact) mass is 377 g/mol. The Bertz CT molecular complexity index is 1320. The molecule has 0 unspecified atom stereocenters. The minimum Gasteiger partial charge on any atom is -0.478 e. The number of carboxylic acids is 1. The highest BCUT2D eigenvalue weighted by Crippen LogP contribution is 2.35. The fourth-order valence-corrected chi connectivity index (χ4v) is 4.07. The summed E-state index contributed by atoms with van der Waals surface area (Å²) in [4.78, 5) is 14.1. The summed E-state index contributed by atoms with van der Waals surface area (Å²) in [5, 5.41) is 11.1. The van der Waals surface area contributed by atoms with Gasteiger partial charge < -0.3 is 10.1 Å². The molecular weight excluding hydrogens is 358 g/mol. The van der Waals surface area contributed by atoms with Gasteiger partial charge in [-0.05, 0) is 46.9 Å². The van der Waals surface area contributed by atoms with Crippen LogP contribution in [0.25, 0.3) is 32.9 Å². The molecule has 140 valence electrons. The van der Waals surface area contributed by atoms with Gasteiger partial charge in [-0.3, -0.25) is 0 Å². The first-order chi connectivity index (χ1) is 14.2. The van der Waals surface area contributed by atoms with Crippen LogP contribution in [0.5, 0.6) is 0 Å². The molecule has 0 bridgehead atoms. The highest BCUT2D eigenvalue weighted by molar-refractivity contribution is 6.08. The van der Waals surface area contributed by atoms with Crippen molar-refractivity contribution in [2.75, 3.05) is 0 Å². The number of aromatic nitrogens is 1. The normalized spacial score (nSPS) is 11.6. The number of rotatable bonds is 1. The van der Waals surface area contributed by atoms with Crippen molar-refractivity contribution in [3.63, 3.8) is 0 Å². The van der Waals surface area contributed by atoms with Gasteiger partial charge in [-0.2, -0.15) is 0 Å². The summed E-state index contributed by atoms with van der Waals surface area (Å²) in [5.74, 6) is -0.902. The van der Waals surface area contributed by atoms with Crippen molar-refractivity contribution in [3.8, 4) is 11.1 Å². The second kappa shape index (κ2) is 6.95. The summed E-state index contributed by atoms with van der Waals surface area (Å²) in [6, 6.07) is 30.4. The molecule has 1 aliphatic carbocycles. The summed E-state index contributed by atoms with van der Waals surface area (Å²) in [6.07, 6.45) is 1.10. The molecule has 0 saturated carbocycles. The number of hydrogen-bond donors (Lipinski definition) is 2. The van der Waals surface area contributed by atoms with E-state index >= 15 is 0 Å². The Balaban J connectivity index is 0.000000128. The average Bonchev–Trinajstić information content (AvgIpc) is 3.32. The third-order valence-corrected chi connectivity index (χ3v) is 5.46. The van der Waals surface area contributed by atoms with Crippen molar-refractivity contribution in [1.82, 2.24) is 4.98 Å². The molecule has 0 radical (unpaired) electrons. The van der Waals surface area contributed by atoms with E-state index in [0.29, 0.717) is 5.56 Å². The van der Waals surface area contributed by atoms with Crippen molar-refractivity contribution < 1.29 is 9.90 Å². The van der Waals surface area contributed by atoms with E-state index in [1.54, 1.807) is 12.1 Å². The van der Waals surface area contributed by atoms with Crippen LogP contribution in [0.2, 0.25) is 0 Å². The Morgan fingerprint density at radius 1 is 0.690 bits per heavy atom.